The number of carbonyl (C=O) groups excluding carboxylic acids is 1. The van der Waals surface area contributed by atoms with Crippen LogP contribution < -0.4 is 11.1 Å². The number of hydrogen-bond acceptors (Lipinski definition) is 3. The standard InChI is InChI=1S/C11H24N2OS/c1-8(6-7-15-5)13-10(14)9(12)11(2,3)4/h8-9H,6-7,12H2,1-5H3,(H,13,14)/t8?,9-/m0/s1. The van der Waals surface area contributed by atoms with Crippen LogP contribution in [-0.2, 0) is 4.79 Å². The summed E-state index contributed by atoms with van der Waals surface area (Å²) in [6.07, 6.45) is 3.05. The van der Waals surface area contributed by atoms with E-state index in [1.807, 2.05) is 27.7 Å². The van der Waals surface area contributed by atoms with Crippen molar-refractivity contribution >= 4 is 17.7 Å². The Morgan fingerprint density at radius 2 is 2.00 bits per heavy atom. The summed E-state index contributed by atoms with van der Waals surface area (Å²) in [4.78, 5) is 11.7. The second-order valence-corrected chi connectivity index (χ2v) is 6.02. The number of nitrogens with two attached hydrogens (primary N) is 1. The van der Waals surface area contributed by atoms with E-state index in [4.69, 9.17) is 5.73 Å². The first-order valence-electron chi connectivity index (χ1n) is 5.34. The first kappa shape index (κ1) is 14.8. The molecule has 3 N–H and O–H groups in total. The largest absolute Gasteiger partial charge is 0.352 e. The molecule has 2 atom stereocenters. The molecule has 0 aliphatic rings. The Labute approximate surface area is 97.6 Å². The Balaban J connectivity index is 4.02. The third-order valence-corrected chi connectivity index (χ3v) is 3.00. The Morgan fingerprint density at radius 3 is 2.40 bits per heavy atom. The van der Waals surface area contributed by atoms with Crippen molar-refractivity contribution in [1.29, 1.82) is 0 Å². The molecule has 3 nitrogen and oxygen atoms in total. The lowest BCUT2D eigenvalue weighted by molar-refractivity contribution is -0.125. The average molecular weight is 232 g/mol. The maximum absolute atomic E-state index is 11.7. The highest BCUT2D eigenvalue weighted by Crippen LogP contribution is 2.17. The van der Waals surface area contributed by atoms with Crippen molar-refractivity contribution in [2.45, 2.75) is 46.2 Å². The zero-order valence-electron chi connectivity index (χ0n) is 10.5. The molecule has 0 aromatic heterocycles. The Kier molecular flexibility index (Phi) is 6.29. The highest BCUT2D eigenvalue weighted by molar-refractivity contribution is 7.98. The van der Waals surface area contributed by atoms with Crippen LogP contribution in [0.5, 0.6) is 0 Å². The van der Waals surface area contributed by atoms with Gasteiger partial charge in [0.15, 0.2) is 0 Å². The van der Waals surface area contributed by atoms with E-state index < -0.39 is 6.04 Å². The van der Waals surface area contributed by atoms with Gasteiger partial charge in [0.2, 0.25) is 5.91 Å². The van der Waals surface area contributed by atoms with Crippen molar-refractivity contribution in [2.75, 3.05) is 12.0 Å². The van der Waals surface area contributed by atoms with Gasteiger partial charge in [0, 0.05) is 6.04 Å². The van der Waals surface area contributed by atoms with Gasteiger partial charge in [-0.05, 0) is 30.8 Å². The fourth-order valence-electron chi connectivity index (χ4n) is 1.09. The Bertz CT molecular complexity index is 201. The van der Waals surface area contributed by atoms with Crippen LogP contribution in [-0.4, -0.2) is 30.0 Å². The number of thioether (sulfide) groups is 1. The van der Waals surface area contributed by atoms with Crippen LogP contribution >= 0.6 is 11.8 Å². The second kappa shape index (κ2) is 6.38. The van der Waals surface area contributed by atoms with Gasteiger partial charge in [-0.3, -0.25) is 4.79 Å². The molecule has 0 spiro atoms. The normalized spacial score (nSPS) is 15.9. The molecule has 0 radical (unpaired) electrons. The van der Waals surface area contributed by atoms with Gasteiger partial charge >= 0.3 is 0 Å². The van der Waals surface area contributed by atoms with Crippen LogP contribution in [0, 0.1) is 5.41 Å². The maximum Gasteiger partial charge on any atom is 0.237 e. The van der Waals surface area contributed by atoms with Crippen molar-refractivity contribution < 1.29 is 4.79 Å². The predicted molar refractivity (Wildman–Crippen MR) is 68.0 cm³/mol. The van der Waals surface area contributed by atoms with Crippen molar-refractivity contribution in [3.63, 3.8) is 0 Å². The van der Waals surface area contributed by atoms with Gasteiger partial charge in [0.25, 0.3) is 0 Å². The molecule has 0 aliphatic carbocycles. The molecule has 0 saturated heterocycles. The summed E-state index contributed by atoms with van der Waals surface area (Å²) in [6.45, 7) is 7.95. The van der Waals surface area contributed by atoms with Crippen molar-refractivity contribution in [3.05, 3.63) is 0 Å². The molecule has 0 bridgehead atoms. The van der Waals surface area contributed by atoms with Gasteiger partial charge in [0.05, 0.1) is 6.04 Å². The highest BCUT2D eigenvalue weighted by atomic mass is 32.2. The van der Waals surface area contributed by atoms with Crippen LogP contribution in [0.2, 0.25) is 0 Å². The maximum atomic E-state index is 11.7. The Hall–Kier alpha value is -0.220. The van der Waals surface area contributed by atoms with E-state index in [1.165, 1.54) is 0 Å². The number of nitrogens with one attached hydrogen (secondary N) is 1. The van der Waals surface area contributed by atoms with E-state index in [1.54, 1.807) is 11.8 Å². The first-order chi connectivity index (χ1) is 6.79. The van der Waals surface area contributed by atoms with E-state index in [2.05, 4.69) is 11.6 Å². The fraction of sp³-hybridized carbons (Fsp3) is 0.909. The quantitative estimate of drug-likeness (QED) is 0.757. The molecule has 1 unspecified atom stereocenters. The molecule has 0 heterocycles. The first-order valence-corrected chi connectivity index (χ1v) is 6.73. The number of amides is 1. The van der Waals surface area contributed by atoms with Gasteiger partial charge in [0.1, 0.15) is 0 Å². The lowest BCUT2D eigenvalue weighted by Gasteiger charge is -2.27. The smallest absolute Gasteiger partial charge is 0.237 e. The Morgan fingerprint density at radius 1 is 1.47 bits per heavy atom. The van der Waals surface area contributed by atoms with Crippen LogP contribution in [0.3, 0.4) is 0 Å². The molecule has 0 aliphatic heterocycles. The van der Waals surface area contributed by atoms with Crippen molar-refractivity contribution in [1.82, 2.24) is 5.32 Å². The molecule has 4 heteroatoms. The third kappa shape index (κ3) is 6.05. The number of carbonyl (C=O) groups is 1. The predicted octanol–water partition coefficient (Wildman–Crippen LogP) is 1.62. The highest BCUT2D eigenvalue weighted by Gasteiger charge is 2.27. The molecular formula is C11H24N2OS. The molecule has 0 aromatic carbocycles. The lowest BCUT2D eigenvalue weighted by atomic mass is 9.87. The van der Waals surface area contributed by atoms with Gasteiger partial charge in [-0.25, -0.2) is 0 Å². The summed E-state index contributed by atoms with van der Waals surface area (Å²) in [5, 5.41) is 2.94. The lowest BCUT2D eigenvalue weighted by Crippen LogP contribution is -2.50. The van der Waals surface area contributed by atoms with Crippen LogP contribution in [0.4, 0.5) is 0 Å². The van der Waals surface area contributed by atoms with Gasteiger partial charge in [-0.15, -0.1) is 0 Å². The van der Waals surface area contributed by atoms with Crippen LogP contribution in [0.15, 0.2) is 0 Å². The fourth-order valence-corrected chi connectivity index (χ4v) is 1.68. The molecule has 90 valence electrons. The van der Waals surface area contributed by atoms with Crippen LogP contribution in [0.1, 0.15) is 34.1 Å². The monoisotopic (exact) mass is 232 g/mol. The summed E-state index contributed by atoms with van der Waals surface area (Å²) < 4.78 is 0. The molecule has 1 amide bonds. The zero-order valence-corrected chi connectivity index (χ0v) is 11.3. The SMILES string of the molecule is CSCCC(C)NC(=O)[C@H](N)C(C)(C)C. The number of hydrogen-bond donors (Lipinski definition) is 2. The van der Waals surface area contributed by atoms with E-state index in [0.29, 0.717) is 0 Å². The molecule has 0 saturated carbocycles. The topological polar surface area (TPSA) is 55.1 Å². The molecular weight excluding hydrogens is 208 g/mol. The van der Waals surface area contributed by atoms with Gasteiger partial charge in [-0.2, -0.15) is 11.8 Å². The summed E-state index contributed by atoms with van der Waals surface area (Å²) in [5.41, 5.74) is 5.68. The molecule has 0 rings (SSSR count). The van der Waals surface area contributed by atoms with Crippen molar-refractivity contribution in [2.24, 2.45) is 11.1 Å². The summed E-state index contributed by atoms with van der Waals surface area (Å²) >= 11 is 1.79. The minimum Gasteiger partial charge on any atom is -0.352 e. The summed E-state index contributed by atoms with van der Waals surface area (Å²) in [7, 11) is 0. The minimum atomic E-state index is -0.436. The second-order valence-electron chi connectivity index (χ2n) is 5.03. The minimum absolute atomic E-state index is 0.0453. The zero-order chi connectivity index (χ0) is 12.1. The van der Waals surface area contributed by atoms with Gasteiger partial charge < -0.3 is 11.1 Å². The molecule has 15 heavy (non-hydrogen) atoms. The van der Waals surface area contributed by atoms with E-state index in [-0.39, 0.29) is 17.4 Å². The van der Waals surface area contributed by atoms with E-state index >= 15 is 0 Å². The van der Waals surface area contributed by atoms with Crippen LogP contribution in [0.25, 0.3) is 0 Å². The average Bonchev–Trinajstić information content (AvgIpc) is 2.11. The van der Waals surface area contributed by atoms with E-state index in [0.717, 1.165) is 12.2 Å². The van der Waals surface area contributed by atoms with Crippen molar-refractivity contribution in [3.8, 4) is 0 Å². The summed E-state index contributed by atoms with van der Waals surface area (Å²) in [5.74, 6) is 1.02. The number of rotatable bonds is 5. The molecule has 0 fully saturated rings. The third-order valence-electron chi connectivity index (χ3n) is 2.36. The molecule has 0 aromatic rings. The summed E-state index contributed by atoms with van der Waals surface area (Å²) in [6, 6.07) is -0.229. The van der Waals surface area contributed by atoms with Gasteiger partial charge in [-0.1, -0.05) is 20.8 Å². The van der Waals surface area contributed by atoms with E-state index in [9.17, 15) is 4.79 Å².